The Labute approximate surface area is 61.9 Å². The van der Waals surface area contributed by atoms with Crippen LogP contribution in [-0.4, -0.2) is 34.6 Å². The van der Waals surface area contributed by atoms with E-state index >= 15 is 0 Å². The van der Waals surface area contributed by atoms with Crippen LogP contribution < -0.4 is 5.73 Å². The van der Waals surface area contributed by atoms with E-state index in [0.717, 1.165) is 0 Å². The molecule has 0 fully saturated rings. The number of thiol groups is 1. The second-order valence-corrected chi connectivity index (χ2v) is 2.00. The fourth-order valence-corrected chi connectivity index (χ4v) is 0.617. The molecule has 0 saturated carbocycles. The molecule has 3 radical (unpaired) electrons. The molecule has 0 aliphatic rings. The first-order valence-corrected chi connectivity index (χ1v) is 3.45. The summed E-state index contributed by atoms with van der Waals surface area (Å²) < 4.78 is 4.29. The van der Waals surface area contributed by atoms with Crippen LogP contribution in [-0.2, 0) is 8.56 Å². The van der Waals surface area contributed by atoms with Crippen molar-refractivity contribution in [2.45, 2.75) is 6.04 Å². The molecule has 0 aliphatic carbocycles. The summed E-state index contributed by atoms with van der Waals surface area (Å²) in [5.41, 5.74) is 5.18. The van der Waals surface area contributed by atoms with Crippen molar-refractivity contribution in [3.05, 3.63) is 0 Å². The van der Waals surface area contributed by atoms with Crippen molar-refractivity contribution in [3.63, 3.8) is 0 Å². The molecule has 0 heterocycles. The van der Waals surface area contributed by atoms with Crippen molar-refractivity contribution in [1.29, 1.82) is 0 Å². The van der Waals surface area contributed by atoms with E-state index in [4.69, 9.17) is 5.73 Å². The minimum atomic E-state index is -0.580. The molecule has 0 aromatic carbocycles. The van der Waals surface area contributed by atoms with Gasteiger partial charge >= 0.3 is 61.5 Å². The van der Waals surface area contributed by atoms with Gasteiger partial charge in [0, 0.05) is 0 Å². The van der Waals surface area contributed by atoms with Crippen molar-refractivity contribution in [3.8, 4) is 0 Å². The Hall–Kier alpha value is 0.323. The van der Waals surface area contributed by atoms with Crippen LogP contribution in [0.25, 0.3) is 0 Å². The monoisotopic (exact) mass is 194 g/mol. The van der Waals surface area contributed by atoms with Gasteiger partial charge in [-0.3, -0.25) is 0 Å². The maximum absolute atomic E-state index is 10.3. The summed E-state index contributed by atoms with van der Waals surface area (Å²) in [5.74, 6) is -0.0906. The maximum atomic E-state index is 10.3. The summed E-state index contributed by atoms with van der Waals surface area (Å²) in [4.78, 5) is 10.3. The molecular formula is C3H6GeNO2S. The fourth-order valence-electron chi connectivity index (χ4n) is 0.150. The molecule has 0 bridgehead atoms. The van der Waals surface area contributed by atoms with E-state index in [-0.39, 0.29) is 0 Å². The van der Waals surface area contributed by atoms with Crippen LogP contribution in [0.4, 0.5) is 0 Å². The zero-order valence-corrected chi connectivity index (χ0v) is 7.12. The van der Waals surface area contributed by atoms with Gasteiger partial charge in [0.15, 0.2) is 0 Å². The van der Waals surface area contributed by atoms with Crippen LogP contribution >= 0.6 is 12.6 Å². The number of hydrogen-bond acceptors (Lipinski definition) is 4. The van der Waals surface area contributed by atoms with E-state index in [1.54, 1.807) is 0 Å². The summed E-state index contributed by atoms with van der Waals surface area (Å²) in [6.07, 6.45) is 0. The molecule has 5 heteroatoms. The van der Waals surface area contributed by atoms with Crippen LogP contribution in [0.2, 0.25) is 0 Å². The second-order valence-electron chi connectivity index (χ2n) is 1.21. The van der Waals surface area contributed by atoms with Crippen LogP contribution in [0.3, 0.4) is 0 Å². The first-order valence-electron chi connectivity index (χ1n) is 1.96. The van der Waals surface area contributed by atoms with Gasteiger partial charge in [-0.1, -0.05) is 0 Å². The molecule has 0 rings (SSSR count). The van der Waals surface area contributed by atoms with Crippen molar-refractivity contribution in [2.75, 3.05) is 5.75 Å². The molecule has 1 atom stereocenters. The predicted molar refractivity (Wildman–Crippen MR) is 33.7 cm³/mol. The topological polar surface area (TPSA) is 52.3 Å². The number of rotatable bonds is 2. The van der Waals surface area contributed by atoms with Crippen LogP contribution in [0.15, 0.2) is 0 Å². The molecule has 0 saturated heterocycles. The third kappa shape index (κ3) is 2.59. The van der Waals surface area contributed by atoms with E-state index in [2.05, 4.69) is 16.4 Å². The van der Waals surface area contributed by atoms with Crippen molar-refractivity contribution in [1.82, 2.24) is 0 Å². The van der Waals surface area contributed by atoms with Gasteiger partial charge in [0.05, 0.1) is 0 Å². The summed E-state index contributed by atoms with van der Waals surface area (Å²) in [6, 6.07) is -0.580. The van der Waals surface area contributed by atoms with Crippen molar-refractivity contribution < 1.29 is 8.56 Å². The Morgan fingerprint density at radius 3 is 2.62 bits per heavy atom. The Kier molecular flexibility index (Phi) is 4.40. The summed E-state index contributed by atoms with van der Waals surface area (Å²) in [5, 5.41) is 0. The first kappa shape index (κ1) is 8.32. The molecule has 0 aliphatic heterocycles. The number of nitrogens with two attached hydrogens (primary N) is 1. The Morgan fingerprint density at radius 1 is 2.00 bits per heavy atom. The van der Waals surface area contributed by atoms with E-state index in [9.17, 15) is 4.79 Å². The third-order valence-corrected chi connectivity index (χ3v) is 1.42. The molecule has 8 heavy (non-hydrogen) atoms. The average molecular weight is 193 g/mol. The first-order chi connectivity index (χ1) is 3.72. The SMILES string of the molecule is N[C@@H](CS)C(=O)[O][Ge]. The summed E-state index contributed by atoms with van der Waals surface area (Å²) >= 11 is 5.08. The molecule has 45 valence electrons. The average Bonchev–Trinajstić information content (AvgIpc) is 1.84. The molecule has 3 nitrogen and oxygen atoms in total. The van der Waals surface area contributed by atoms with Gasteiger partial charge in [-0.25, -0.2) is 0 Å². The minimum absolute atomic E-state index is 0.326. The number of carbonyl (C=O) groups is 1. The van der Waals surface area contributed by atoms with Gasteiger partial charge in [0.2, 0.25) is 0 Å². The Balaban J connectivity index is 3.46. The summed E-state index contributed by atoms with van der Waals surface area (Å²) in [6.45, 7) is 0. The molecule has 0 spiro atoms. The van der Waals surface area contributed by atoms with Crippen molar-refractivity contribution >= 4 is 35.4 Å². The van der Waals surface area contributed by atoms with Gasteiger partial charge in [-0.2, -0.15) is 0 Å². The zero-order valence-electron chi connectivity index (χ0n) is 4.13. The van der Waals surface area contributed by atoms with E-state index < -0.39 is 12.0 Å². The molecule has 2 N–H and O–H groups in total. The molecule has 0 amide bonds. The van der Waals surface area contributed by atoms with Crippen molar-refractivity contribution in [2.24, 2.45) is 5.73 Å². The number of hydrogen-bond donors (Lipinski definition) is 2. The quantitative estimate of drug-likeness (QED) is 0.430. The van der Waals surface area contributed by atoms with Gasteiger partial charge in [-0.15, -0.1) is 0 Å². The second kappa shape index (κ2) is 4.23. The predicted octanol–water partition coefficient (Wildman–Crippen LogP) is -1.13. The third-order valence-electron chi connectivity index (χ3n) is 0.600. The molecule has 0 unspecified atom stereocenters. The normalized spacial score (nSPS) is 12.9. The van der Waals surface area contributed by atoms with E-state index in [1.807, 2.05) is 0 Å². The van der Waals surface area contributed by atoms with Gasteiger partial charge < -0.3 is 0 Å². The standard InChI is InChI=1S/C3H6GeNO2S/c4-7-3(6)2(5)1-8/h2,8H,1,5H2/t2-/m0/s1. The Morgan fingerprint density at radius 2 is 2.50 bits per heavy atom. The zero-order chi connectivity index (χ0) is 6.57. The van der Waals surface area contributed by atoms with Crippen LogP contribution in [0.1, 0.15) is 0 Å². The fraction of sp³-hybridized carbons (Fsp3) is 0.667. The number of carbonyl (C=O) groups excluding carboxylic acids is 1. The van der Waals surface area contributed by atoms with Crippen LogP contribution in [0, 0.1) is 0 Å². The summed E-state index contributed by atoms with van der Waals surface area (Å²) in [7, 11) is 0. The van der Waals surface area contributed by atoms with Gasteiger partial charge in [0.1, 0.15) is 0 Å². The molecule has 0 aromatic rings. The van der Waals surface area contributed by atoms with E-state index in [1.165, 1.54) is 16.9 Å². The van der Waals surface area contributed by atoms with Gasteiger partial charge in [0.25, 0.3) is 0 Å². The van der Waals surface area contributed by atoms with Gasteiger partial charge in [-0.05, 0) is 0 Å². The Bertz CT molecular complexity index is 89.4. The van der Waals surface area contributed by atoms with E-state index in [0.29, 0.717) is 5.75 Å². The molecular weight excluding hydrogens is 187 g/mol. The van der Waals surface area contributed by atoms with Crippen LogP contribution in [0.5, 0.6) is 0 Å². The molecule has 0 aromatic heterocycles.